The Morgan fingerprint density at radius 3 is 2.35 bits per heavy atom. The molecule has 0 saturated heterocycles. The van der Waals surface area contributed by atoms with Gasteiger partial charge in [-0.2, -0.15) is 0 Å². The summed E-state index contributed by atoms with van der Waals surface area (Å²) in [5.41, 5.74) is 3.47. The maximum Gasteiger partial charge on any atom is 0.124 e. The molecule has 1 atom stereocenters. The van der Waals surface area contributed by atoms with Gasteiger partial charge in [-0.1, -0.05) is 54.0 Å². The van der Waals surface area contributed by atoms with Gasteiger partial charge in [0, 0.05) is 16.2 Å². The number of hydrogen-bond acceptors (Lipinski definition) is 1. The molecule has 0 bridgehead atoms. The van der Waals surface area contributed by atoms with Gasteiger partial charge >= 0.3 is 0 Å². The Kier molecular flexibility index (Phi) is 4.81. The minimum atomic E-state index is -0.226. The predicted molar refractivity (Wildman–Crippen MR) is 86.7 cm³/mol. The second-order valence-corrected chi connectivity index (χ2v) is 6.13. The van der Waals surface area contributed by atoms with Gasteiger partial charge in [0.1, 0.15) is 5.82 Å². The molecule has 1 unspecified atom stereocenters. The first-order valence-electron chi connectivity index (χ1n) is 6.79. The maximum atomic E-state index is 13.2. The minimum absolute atomic E-state index is 0.102. The van der Waals surface area contributed by atoms with Crippen LogP contribution in [0.4, 0.5) is 10.1 Å². The third-order valence-corrected chi connectivity index (χ3v) is 4.07. The van der Waals surface area contributed by atoms with E-state index in [0.717, 1.165) is 15.7 Å². The zero-order valence-corrected chi connectivity index (χ0v) is 13.5. The van der Waals surface area contributed by atoms with E-state index in [2.05, 4.69) is 60.2 Å². The summed E-state index contributed by atoms with van der Waals surface area (Å²) in [6.07, 6.45) is 0. The van der Waals surface area contributed by atoms with Crippen LogP contribution in [0.5, 0.6) is 0 Å². The molecule has 0 fully saturated rings. The van der Waals surface area contributed by atoms with Gasteiger partial charge in [-0.15, -0.1) is 0 Å². The van der Waals surface area contributed by atoms with Gasteiger partial charge in [0.15, 0.2) is 0 Å². The molecule has 0 aliphatic heterocycles. The van der Waals surface area contributed by atoms with Gasteiger partial charge in [-0.05, 0) is 42.2 Å². The second kappa shape index (κ2) is 6.40. The lowest BCUT2D eigenvalue weighted by Crippen LogP contribution is -2.09. The smallest absolute Gasteiger partial charge is 0.124 e. The van der Waals surface area contributed by atoms with Crippen LogP contribution in [-0.2, 0) is 0 Å². The van der Waals surface area contributed by atoms with Gasteiger partial charge in [0.2, 0.25) is 0 Å². The van der Waals surface area contributed by atoms with Crippen molar-refractivity contribution in [1.29, 1.82) is 0 Å². The predicted octanol–water partition coefficient (Wildman–Crippen LogP) is 5.88. The molecule has 2 rings (SSSR count). The summed E-state index contributed by atoms with van der Waals surface area (Å²) in [7, 11) is 0. The summed E-state index contributed by atoms with van der Waals surface area (Å²) in [6.45, 7) is 6.44. The zero-order valence-electron chi connectivity index (χ0n) is 12.0. The quantitative estimate of drug-likeness (QED) is 0.735. The van der Waals surface area contributed by atoms with Crippen LogP contribution in [0.25, 0.3) is 0 Å². The van der Waals surface area contributed by atoms with Gasteiger partial charge < -0.3 is 5.32 Å². The monoisotopic (exact) mass is 335 g/mol. The van der Waals surface area contributed by atoms with E-state index >= 15 is 0 Å². The molecule has 2 aromatic rings. The molecular formula is C17H19BrFN. The zero-order chi connectivity index (χ0) is 14.7. The Morgan fingerprint density at radius 1 is 1.00 bits per heavy atom. The fourth-order valence-electron chi connectivity index (χ4n) is 2.30. The van der Waals surface area contributed by atoms with Crippen molar-refractivity contribution in [3.63, 3.8) is 0 Å². The van der Waals surface area contributed by atoms with Crippen LogP contribution in [0.15, 0.2) is 46.9 Å². The van der Waals surface area contributed by atoms with Crippen molar-refractivity contribution in [2.75, 3.05) is 5.32 Å². The van der Waals surface area contributed by atoms with Crippen molar-refractivity contribution in [3.8, 4) is 0 Å². The van der Waals surface area contributed by atoms with Crippen molar-refractivity contribution in [2.24, 2.45) is 0 Å². The Balaban J connectivity index is 2.26. The molecule has 0 spiro atoms. The highest BCUT2D eigenvalue weighted by atomic mass is 79.9. The SMILES string of the molecule is CC(C)c1ccccc1NC(C)c1ccc(F)cc1Br. The van der Waals surface area contributed by atoms with E-state index < -0.39 is 0 Å². The summed E-state index contributed by atoms with van der Waals surface area (Å²) >= 11 is 3.43. The first-order valence-corrected chi connectivity index (χ1v) is 7.58. The number of benzene rings is 2. The minimum Gasteiger partial charge on any atom is -0.378 e. The number of rotatable bonds is 4. The highest BCUT2D eigenvalue weighted by Crippen LogP contribution is 2.30. The molecule has 106 valence electrons. The van der Waals surface area contributed by atoms with Crippen molar-refractivity contribution >= 4 is 21.6 Å². The molecule has 0 saturated carbocycles. The van der Waals surface area contributed by atoms with Crippen molar-refractivity contribution in [2.45, 2.75) is 32.7 Å². The van der Waals surface area contributed by atoms with Crippen LogP contribution in [0.1, 0.15) is 43.9 Å². The highest BCUT2D eigenvalue weighted by molar-refractivity contribution is 9.10. The number of nitrogens with one attached hydrogen (secondary N) is 1. The van der Waals surface area contributed by atoms with Crippen molar-refractivity contribution in [3.05, 3.63) is 63.9 Å². The normalized spacial score (nSPS) is 12.5. The molecular weight excluding hydrogens is 317 g/mol. The lowest BCUT2D eigenvalue weighted by Gasteiger charge is -2.21. The molecule has 0 aliphatic rings. The molecule has 0 aliphatic carbocycles. The van der Waals surface area contributed by atoms with E-state index in [4.69, 9.17) is 0 Å². The lowest BCUT2D eigenvalue weighted by molar-refractivity contribution is 0.625. The number of para-hydroxylation sites is 1. The van der Waals surface area contributed by atoms with E-state index in [0.29, 0.717) is 5.92 Å². The van der Waals surface area contributed by atoms with E-state index in [1.165, 1.54) is 17.7 Å². The average molecular weight is 336 g/mol. The summed E-state index contributed by atoms with van der Waals surface area (Å²) in [5.74, 6) is 0.234. The van der Waals surface area contributed by atoms with Gasteiger partial charge in [0.05, 0.1) is 0 Å². The van der Waals surface area contributed by atoms with Crippen LogP contribution >= 0.6 is 15.9 Å². The third kappa shape index (κ3) is 3.40. The second-order valence-electron chi connectivity index (χ2n) is 5.27. The van der Waals surface area contributed by atoms with Crippen molar-refractivity contribution in [1.82, 2.24) is 0 Å². The molecule has 0 heterocycles. The maximum absolute atomic E-state index is 13.2. The fraction of sp³-hybridized carbons (Fsp3) is 0.294. The fourth-order valence-corrected chi connectivity index (χ4v) is 2.99. The average Bonchev–Trinajstić information content (AvgIpc) is 2.38. The standard InChI is InChI=1S/C17H19BrFN/c1-11(2)14-6-4-5-7-17(14)20-12(3)15-9-8-13(19)10-16(15)18/h4-12,20H,1-3H3. The first-order chi connectivity index (χ1) is 9.49. The molecule has 0 amide bonds. The van der Waals surface area contributed by atoms with Crippen LogP contribution in [0.2, 0.25) is 0 Å². The Bertz CT molecular complexity index is 595. The molecule has 0 aromatic heterocycles. The van der Waals surface area contributed by atoms with Gasteiger partial charge in [0.25, 0.3) is 0 Å². The summed E-state index contributed by atoms with van der Waals surface area (Å²) < 4.78 is 13.9. The van der Waals surface area contributed by atoms with Crippen LogP contribution in [0.3, 0.4) is 0 Å². The van der Waals surface area contributed by atoms with Gasteiger partial charge in [-0.25, -0.2) is 4.39 Å². The first kappa shape index (κ1) is 15.0. The third-order valence-electron chi connectivity index (χ3n) is 3.38. The molecule has 3 heteroatoms. The molecule has 1 nitrogen and oxygen atoms in total. The van der Waals surface area contributed by atoms with Crippen molar-refractivity contribution < 1.29 is 4.39 Å². The largest absolute Gasteiger partial charge is 0.378 e. The number of halogens is 2. The lowest BCUT2D eigenvalue weighted by atomic mass is 10.00. The summed E-state index contributed by atoms with van der Waals surface area (Å²) in [4.78, 5) is 0. The topological polar surface area (TPSA) is 12.0 Å². The van der Waals surface area contributed by atoms with E-state index in [9.17, 15) is 4.39 Å². The van der Waals surface area contributed by atoms with E-state index in [1.807, 2.05) is 12.1 Å². The van der Waals surface area contributed by atoms with E-state index in [1.54, 1.807) is 0 Å². The van der Waals surface area contributed by atoms with Gasteiger partial charge in [-0.3, -0.25) is 0 Å². The molecule has 2 aromatic carbocycles. The van der Waals surface area contributed by atoms with E-state index in [-0.39, 0.29) is 11.9 Å². The number of hydrogen-bond donors (Lipinski definition) is 1. The molecule has 1 N–H and O–H groups in total. The Labute approximate surface area is 128 Å². The summed E-state index contributed by atoms with van der Waals surface area (Å²) in [5, 5.41) is 3.52. The van der Waals surface area contributed by atoms with Crippen LogP contribution in [0, 0.1) is 5.82 Å². The van der Waals surface area contributed by atoms with Crippen LogP contribution in [-0.4, -0.2) is 0 Å². The molecule has 20 heavy (non-hydrogen) atoms. The molecule has 0 radical (unpaired) electrons. The number of anilines is 1. The van der Waals surface area contributed by atoms with Crippen LogP contribution < -0.4 is 5.32 Å². The summed E-state index contributed by atoms with van der Waals surface area (Å²) in [6, 6.07) is 13.2. The Hall–Kier alpha value is -1.35. The highest BCUT2D eigenvalue weighted by Gasteiger charge is 2.12. The Morgan fingerprint density at radius 2 is 1.70 bits per heavy atom.